The van der Waals surface area contributed by atoms with Crippen molar-refractivity contribution < 1.29 is 29.6 Å². The molecule has 4 atom stereocenters. The second-order valence-electron chi connectivity index (χ2n) is 11.8. The second-order valence-corrected chi connectivity index (χ2v) is 11.8. The van der Waals surface area contributed by atoms with Crippen LogP contribution in [0.2, 0.25) is 0 Å². The van der Waals surface area contributed by atoms with Crippen molar-refractivity contribution in [3.8, 4) is 0 Å². The second kappa shape index (κ2) is 14.3. The van der Waals surface area contributed by atoms with E-state index in [1.165, 1.54) is 18.4 Å². The minimum Gasteiger partial charge on any atom is -0.478 e. The zero-order valence-corrected chi connectivity index (χ0v) is 23.8. The molecule has 0 heterocycles. The number of carbonyl (C=O) groups excluding carboxylic acids is 1. The Kier molecular flexibility index (Phi) is 12.0. The molecule has 9 heteroatoms. The van der Waals surface area contributed by atoms with Gasteiger partial charge in [0.25, 0.3) is 0 Å². The third-order valence-electron chi connectivity index (χ3n) is 7.80. The molecule has 0 spiro atoms. The molecule has 1 fully saturated rings. The number of likely N-dealkylation sites (N-methyl/N-ethyl adjacent to an activating group) is 2. The Morgan fingerprint density at radius 2 is 1.68 bits per heavy atom. The Labute approximate surface area is 227 Å². The molecule has 1 aliphatic carbocycles. The molecule has 0 bridgehead atoms. The summed E-state index contributed by atoms with van der Waals surface area (Å²) in [6, 6.07) is 7.25. The van der Waals surface area contributed by atoms with Gasteiger partial charge in [-0.15, -0.1) is 0 Å². The summed E-state index contributed by atoms with van der Waals surface area (Å²) < 4.78 is 5.81. The number of carboxylic acid groups (broad SMARTS) is 1. The Morgan fingerprint density at radius 3 is 2.21 bits per heavy atom. The largest absolute Gasteiger partial charge is 0.478 e. The molecule has 1 aromatic carbocycles. The summed E-state index contributed by atoms with van der Waals surface area (Å²) >= 11 is 0. The van der Waals surface area contributed by atoms with Crippen molar-refractivity contribution in [2.75, 3.05) is 34.2 Å². The Bertz CT molecular complexity index is 876. The highest BCUT2D eigenvalue weighted by atomic mass is 16.6. The number of aliphatic hydroxyl groups is 2. The lowest BCUT2D eigenvalue weighted by atomic mass is 9.71. The van der Waals surface area contributed by atoms with E-state index in [1.807, 2.05) is 32.8 Å². The number of hydrogen-bond donors (Lipinski definition) is 4. The molecule has 2 rings (SSSR count). The molecule has 1 saturated carbocycles. The normalized spacial score (nSPS) is 19.4. The molecule has 0 radical (unpaired) electrons. The lowest BCUT2D eigenvalue weighted by Crippen LogP contribution is -2.62. The van der Waals surface area contributed by atoms with Gasteiger partial charge in [0, 0.05) is 38.2 Å². The summed E-state index contributed by atoms with van der Waals surface area (Å²) in [5.74, 6) is -1.13. The molecule has 38 heavy (non-hydrogen) atoms. The minimum absolute atomic E-state index is 0.0223. The Hall–Kier alpha value is -2.20. The van der Waals surface area contributed by atoms with Crippen LogP contribution < -0.4 is 5.73 Å². The number of aliphatic hydroxyl groups excluding tert-OH is 1. The van der Waals surface area contributed by atoms with Crippen LogP contribution in [0.15, 0.2) is 30.3 Å². The van der Waals surface area contributed by atoms with Crippen LogP contribution in [0.5, 0.6) is 0 Å². The van der Waals surface area contributed by atoms with Gasteiger partial charge in [-0.1, -0.05) is 76.3 Å². The number of nitrogens with two attached hydrogens (primary N) is 1. The van der Waals surface area contributed by atoms with Crippen molar-refractivity contribution in [3.05, 3.63) is 35.9 Å². The molecule has 4 unspecified atom stereocenters. The summed E-state index contributed by atoms with van der Waals surface area (Å²) in [6.07, 6.45) is 3.26. The molecule has 1 aromatic rings. The smallest absolute Gasteiger partial charge is 0.411 e. The minimum atomic E-state index is -2.26. The highest BCUT2D eigenvalue weighted by molar-refractivity contribution is 5.83. The molecule has 216 valence electrons. The molecule has 0 saturated heterocycles. The van der Waals surface area contributed by atoms with Gasteiger partial charge in [-0.05, 0) is 38.8 Å². The van der Waals surface area contributed by atoms with Gasteiger partial charge in [-0.2, -0.15) is 0 Å². The predicted molar refractivity (Wildman–Crippen MR) is 148 cm³/mol. The Balaban J connectivity index is 2.52. The quantitative estimate of drug-likeness (QED) is 0.284. The van der Waals surface area contributed by atoms with Crippen molar-refractivity contribution in [3.63, 3.8) is 0 Å². The van der Waals surface area contributed by atoms with E-state index in [4.69, 9.17) is 10.5 Å². The number of carbonyl (C=O) groups is 2. The van der Waals surface area contributed by atoms with E-state index in [0.29, 0.717) is 19.5 Å². The lowest BCUT2D eigenvalue weighted by molar-refractivity contribution is -0.182. The van der Waals surface area contributed by atoms with Gasteiger partial charge in [0.1, 0.15) is 5.60 Å². The number of nitrogens with zero attached hydrogens (tertiary/aromatic N) is 2. The van der Waals surface area contributed by atoms with E-state index in [2.05, 4.69) is 0 Å². The molecule has 1 amide bonds. The van der Waals surface area contributed by atoms with Crippen LogP contribution >= 0.6 is 0 Å². The van der Waals surface area contributed by atoms with Crippen molar-refractivity contribution in [1.82, 2.24) is 9.80 Å². The maximum absolute atomic E-state index is 13.2. The third kappa shape index (κ3) is 8.40. The number of amides is 1. The summed E-state index contributed by atoms with van der Waals surface area (Å²) in [4.78, 5) is 29.5. The third-order valence-corrected chi connectivity index (χ3v) is 7.80. The van der Waals surface area contributed by atoms with E-state index in [1.54, 1.807) is 30.3 Å². The van der Waals surface area contributed by atoms with Crippen molar-refractivity contribution in [1.29, 1.82) is 0 Å². The fraction of sp³-hybridized carbons (Fsp3) is 0.724. The molecule has 1 aliphatic rings. The fourth-order valence-electron chi connectivity index (χ4n) is 5.35. The fourth-order valence-corrected chi connectivity index (χ4v) is 5.35. The molecule has 0 aliphatic heterocycles. The summed E-state index contributed by atoms with van der Waals surface area (Å²) in [6.45, 7) is 4.70. The van der Waals surface area contributed by atoms with Gasteiger partial charge in [0.15, 0.2) is 0 Å². The SMILES string of the molecule is CC(C)CC(O)C(O)(CC(OC(=O)N(C)CCN(C)C)(C(=O)O)c1ccccc1)C(N)CC1CCCCC1. The summed E-state index contributed by atoms with van der Waals surface area (Å²) in [7, 11) is 5.28. The first-order chi connectivity index (χ1) is 17.8. The molecule has 9 nitrogen and oxygen atoms in total. The average Bonchev–Trinajstić information content (AvgIpc) is 2.87. The van der Waals surface area contributed by atoms with Crippen LogP contribution in [0.4, 0.5) is 4.79 Å². The first-order valence-corrected chi connectivity index (χ1v) is 13.9. The monoisotopic (exact) mass is 535 g/mol. The predicted octanol–water partition coefficient (Wildman–Crippen LogP) is 3.42. The van der Waals surface area contributed by atoms with Crippen LogP contribution in [-0.2, 0) is 15.1 Å². The van der Waals surface area contributed by atoms with E-state index >= 15 is 0 Å². The van der Waals surface area contributed by atoms with Crippen LogP contribution in [0, 0.1) is 11.8 Å². The van der Waals surface area contributed by atoms with Gasteiger partial charge < -0.3 is 35.6 Å². The zero-order valence-electron chi connectivity index (χ0n) is 23.8. The van der Waals surface area contributed by atoms with Crippen LogP contribution in [0.1, 0.15) is 70.8 Å². The van der Waals surface area contributed by atoms with Crippen molar-refractivity contribution in [2.45, 2.75) is 88.6 Å². The summed E-state index contributed by atoms with van der Waals surface area (Å²) in [5, 5.41) is 34.1. The summed E-state index contributed by atoms with van der Waals surface area (Å²) in [5.41, 5.74) is 2.58. The van der Waals surface area contributed by atoms with E-state index in [-0.39, 0.29) is 23.8 Å². The van der Waals surface area contributed by atoms with Gasteiger partial charge in [0.05, 0.1) is 6.10 Å². The maximum atomic E-state index is 13.2. The molecule has 0 aromatic heterocycles. The standard InChI is InChI=1S/C29H49N3O6/c1-21(2)18-25(33)28(37,24(30)19-22-12-8-6-9-13-22)20-29(26(34)35,23-14-10-7-11-15-23)38-27(36)32(5)17-16-31(3)4/h7,10-11,14-15,21-22,24-25,33,37H,6,8-9,12-13,16-20,30H2,1-5H3,(H,34,35). The van der Waals surface area contributed by atoms with E-state index < -0.39 is 41.8 Å². The van der Waals surface area contributed by atoms with Gasteiger partial charge in [-0.3, -0.25) is 0 Å². The first-order valence-electron chi connectivity index (χ1n) is 13.9. The lowest BCUT2D eigenvalue weighted by Gasteiger charge is -2.45. The molecule has 5 N–H and O–H groups in total. The first kappa shape index (κ1) is 32.0. The number of benzene rings is 1. The van der Waals surface area contributed by atoms with Gasteiger partial charge in [0.2, 0.25) is 5.60 Å². The highest BCUT2D eigenvalue weighted by Crippen LogP contribution is 2.41. The molecular weight excluding hydrogens is 486 g/mol. The molecular formula is C29H49N3O6. The van der Waals surface area contributed by atoms with Crippen LogP contribution in [-0.4, -0.2) is 89.2 Å². The zero-order chi connectivity index (χ0) is 28.5. The van der Waals surface area contributed by atoms with Gasteiger partial charge in [-0.25, -0.2) is 9.59 Å². The Morgan fingerprint density at radius 1 is 1.08 bits per heavy atom. The average molecular weight is 536 g/mol. The van der Waals surface area contributed by atoms with E-state index in [9.17, 15) is 24.9 Å². The van der Waals surface area contributed by atoms with Crippen molar-refractivity contribution >= 4 is 12.1 Å². The number of hydrogen-bond acceptors (Lipinski definition) is 7. The topological polar surface area (TPSA) is 137 Å². The number of carboxylic acids is 1. The van der Waals surface area contributed by atoms with Crippen LogP contribution in [0.25, 0.3) is 0 Å². The van der Waals surface area contributed by atoms with Gasteiger partial charge >= 0.3 is 12.1 Å². The van der Waals surface area contributed by atoms with E-state index in [0.717, 1.165) is 25.7 Å². The number of ether oxygens (including phenoxy) is 1. The van der Waals surface area contributed by atoms with Crippen LogP contribution in [0.3, 0.4) is 0 Å². The maximum Gasteiger partial charge on any atom is 0.411 e. The number of aliphatic carboxylic acids is 1. The number of rotatable bonds is 14. The van der Waals surface area contributed by atoms with Crippen molar-refractivity contribution in [2.24, 2.45) is 17.6 Å². The highest BCUT2D eigenvalue weighted by Gasteiger charge is 2.55.